The van der Waals surface area contributed by atoms with Gasteiger partial charge in [0.2, 0.25) is 5.95 Å². The molecule has 0 radical (unpaired) electrons. The SMILES string of the molecule is CC(C)c1c(=O)[nH]n2c(N)ncnc12. The van der Waals surface area contributed by atoms with Crippen LogP contribution in [0, 0.1) is 0 Å². The van der Waals surface area contributed by atoms with Gasteiger partial charge in [0.1, 0.15) is 6.33 Å². The van der Waals surface area contributed by atoms with E-state index in [1.165, 1.54) is 10.8 Å². The molecule has 74 valence electrons. The molecule has 0 aliphatic heterocycles. The van der Waals surface area contributed by atoms with Gasteiger partial charge in [0.15, 0.2) is 5.65 Å². The quantitative estimate of drug-likeness (QED) is 0.673. The summed E-state index contributed by atoms with van der Waals surface area (Å²) in [5, 5.41) is 2.59. The van der Waals surface area contributed by atoms with Gasteiger partial charge in [-0.2, -0.15) is 0 Å². The normalized spacial score (nSPS) is 11.4. The Bertz CT molecular complexity index is 524. The first-order valence-corrected chi connectivity index (χ1v) is 4.32. The van der Waals surface area contributed by atoms with E-state index in [1.54, 1.807) is 0 Å². The molecule has 14 heavy (non-hydrogen) atoms. The van der Waals surface area contributed by atoms with Gasteiger partial charge in [-0.1, -0.05) is 13.8 Å². The van der Waals surface area contributed by atoms with Crippen LogP contribution < -0.4 is 11.3 Å². The lowest BCUT2D eigenvalue weighted by molar-refractivity contribution is 0.861. The first kappa shape index (κ1) is 8.74. The van der Waals surface area contributed by atoms with Crippen LogP contribution in [0.4, 0.5) is 5.95 Å². The van der Waals surface area contributed by atoms with Gasteiger partial charge in [-0.15, -0.1) is 0 Å². The molecule has 0 amide bonds. The fraction of sp³-hybridized carbons (Fsp3) is 0.375. The molecule has 2 rings (SSSR count). The molecule has 0 fully saturated rings. The second kappa shape index (κ2) is 2.83. The van der Waals surface area contributed by atoms with E-state index in [9.17, 15) is 4.79 Å². The number of nitrogens with zero attached hydrogens (tertiary/aromatic N) is 3. The molecule has 0 aliphatic carbocycles. The van der Waals surface area contributed by atoms with Crippen LogP contribution in [-0.2, 0) is 0 Å². The number of fused-ring (bicyclic) bond motifs is 1. The smallest absolute Gasteiger partial charge is 0.270 e. The molecule has 6 heteroatoms. The first-order valence-electron chi connectivity index (χ1n) is 4.32. The third kappa shape index (κ3) is 1.07. The van der Waals surface area contributed by atoms with Crippen LogP contribution >= 0.6 is 0 Å². The molecule has 0 saturated carbocycles. The maximum absolute atomic E-state index is 11.5. The third-order valence-electron chi connectivity index (χ3n) is 2.09. The summed E-state index contributed by atoms with van der Waals surface area (Å²) in [6, 6.07) is 0. The zero-order chi connectivity index (χ0) is 10.3. The first-order chi connectivity index (χ1) is 6.61. The van der Waals surface area contributed by atoms with Crippen molar-refractivity contribution in [2.75, 3.05) is 5.73 Å². The van der Waals surface area contributed by atoms with Crippen molar-refractivity contribution >= 4 is 11.6 Å². The van der Waals surface area contributed by atoms with Crippen molar-refractivity contribution in [1.82, 2.24) is 19.6 Å². The van der Waals surface area contributed by atoms with Gasteiger partial charge in [-0.05, 0) is 5.92 Å². The van der Waals surface area contributed by atoms with Crippen LogP contribution in [-0.4, -0.2) is 19.6 Å². The zero-order valence-corrected chi connectivity index (χ0v) is 7.98. The van der Waals surface area contributed by atoms with Crippen LogP contribution in [0.5, 0.6) is 0 Å². The summed E-state index contributed by atoms with van der Waals surface area (Å²) < 4.78 is 1.40. The van der Waals surface area contributed by atoms with E-state index in [4.69, 9.17) is 5.73 Å². The zero-order valence-electron chi connectivity index (χ0n) is 7.98. The molecule has 0 spiro atoms. The van der Waals surface area contributed by atoms with Gasteiger partial charge in [0, 0.05) is 0 Å². The Morgan fingerprint density at radius 3 is 2.86 bits per heavy atom. The summed E-state index contributed by atoms with van der Waals surface area (Å²) in [5.41, 5.74) is 6.61. The van der Waals surface area contributed by atoms with Gasteiger partial charge >= 0.3 is 0 Å². The number of H-pyrrole nitrogens is 1. The Hall–Kier alpha value is -1.85. The predicted molar refractivity (Wildman–Crippen MR) is 52.1 cm³/mol. The molecule has 0 aromatic carbocycles. The Labute approximate surface area is 79.8 Å². The molecule has 0 unspecified atom stereocenters. The number of aromatic amines is 1. The summed E-state index contributed by atoms with van der Waals surface area (Å²) in [5.74, 6) is 0.344. The molecular formula is C8H11N5O. The van der Waals surface area contributed by atoms with Gasteiger partial charge in [0.05, 0.1) is 5.56 Å². The highest BCUT2D eigenvalue weighted by Crippen LogP contribution is 2.14. The lowest BCUT2D eigenvalue weighted by Crippen LogP contribution is -2.07. The van der Waals surface area contributed by atoms with Crippen molar-refractivity contribution in [3.8, 4) is 0 Å². The Morgan fingerprint density at radius 1 is 1.50 bits per heavy atom. The van der Waals surface area contributed by atoms with Crippen molar-refractivity contribution in [2.24, 2.45) is 0 Å². The predicted octanol–water partition coefficient (Wildman–Crippen LogP) is 0.123. The van der Waals surface area contributed by atoms with Crippen LogP contribution in [0.3, 0.4) is 0 Å². The van der Waals surface area contributed by atoms with E-state index in [1.807, 2.05) is 13.8 Å². The fourth-order valence-corrected chi connectivity index (χ4v) is 1.45. The topological polar surface area (TPSA) is 89.1 Å². The van der Waals surface area contributed by atoms with Gasteiger partial charge in [-0.3, -0.25) is 9.89 Å². The fourth-order valence-electron chi connectivity index (χ4n) is 1.45. The van der Waals surface area contributed by atoms with Crippen molar-refractivity contribution in [1.29, 1.82) is 0 Å². The number of nitrogens with one attached hydrogen (secondary N) is 1. The maximum Gasteiger partial charge on any atom is 0.270 e. The van der Waals surface area contributed by atoms with E-state index >= 15 is 0 Å². The third-order valence-corrected chi connectivity index (χ3v) is 2.09. The van der Waals surface area contributed by atoms with E-state index < -0.39 is 0 Å². The van der Waals surface area contributed by atoms with E-state index in [2.05, 4.69) is 15.1 Å². The maximum atomic E-state index is 11.5. The van der Waals surface area contributed by atoms with Crippen LogP contribution in [0.15, 0.2) is 11.1 Å². The summed E-state index contributed by atoms with van der Waals surface area (Å²) in [6.45, 7) is 3.87. The highest BCUT2D eigenvalue weighted by molar-refractivity contribution is 5.50. The molecule has 6 nitrogen and oxygen atoms in total. The van der Waals surface area contributed by atoms with Gasteiger partial charge in [0.25, 0.3) is 5.56 Å². The second-order valence-electron chi connectivity index (χ2n) is 3.40. The van der Waals surface area contributed by atoms with Crippen molar-refractivity contribution in [2.45, 2.75) is 19.8 Å². The summed E-state index contributed by atoms with van der Waals surface area (Å²) in [4.78, 5) is 19.3. The number of hydrogen-bond donors (Lipinski definition) is 2. The highest BCUT2D eigenvalue weighted by Gasteiger charge is 2.14. The minimum atomic E-state index is -0.160. The van der Waals surface area contributed by atoms with Crippen molar-refractivity contribution < 1.29 is 0 Å². The molecule has 3 N–H and O–H groups in total. The highest BCUT2D eigenvalue weighted by atomic mass is 16.1. The summed E-state index contributed by atoms with van der Waals surface area (Å²) >= 11 is 0. The van der Waals surface area contributed by atoms with Crippen LogP contribution in [0.2, 0.25) is 0 Å². The molecule has 0 aliphatic rings. The molecule has 2 aromatic rings. The minimum Gasteiger partial charge on any atom is -0.368 e. The number of rotatable bonds is 1. The monoisotopic (exact) mass is 193 g/mol. The molecule has 0 saturated heterocycles. The lowest BCUT2D eigenvalue weighted by atomic mass is 10.1. The van der Waals surface area contributed by atoms with Crippen molar-refractivity contribution in [3.05, 3.63) is 22.2 Å². The number of nitrogens with two attached hydrogens (primary N) is 1. The standard InChI is InChI=1S/C8H11N5O/c1-4(2)5-6-10-3-11-8(9)13(6)12-7(5)14/h3-4H,1-2H3,(H,12,14)(H2,9,10,11). The molecule has 2 aromatic heterocycles. The van der Waals surface area contributed by atoms with Gasteiger partial charge < -0.3 is 5.73 Å². The molecular weight excluding hydrogens is 182 g/mol. The molecule has 0 bridgehead atoms. The van der Waals surface area contributed by atoms with Crippen molar-refractivity contribution in [3.63, 3.8) is 0 Å². The second-order valence-corrected chi connectivity index (χ2v) is 3.40. The molecule has 2 heterocycles. The van der Waals surface area contributed by atoms with E-state index in [0.717, 1.165) is 0 Å². The summed E-state index contributed by atoms with van der Waals surface area (Å²) in [7, 11) is 0. The number of hydrogen-bond acceptors (Lipinski definition) is 4. The molecule has 0 atom stereocenters. The average Bonchev–Trinajstić information content (AvgIpc) is 2.42. The average molecular weight is 193 g/mol. The van der Waals surface area contributed by atoms with Crippen LogP contribution in [0.1, 0.15) is 25.3 Å². The number of aromatic nitrogens is 4. The Morgan fingerprint density at radius 2 is 2.21 bits per heavy atom. The largest absolute Gasteiger partial charge is 0.368 e. The van der Waals surface area contributed by atoms with Gasteiger partial charge in [-0.25, -0.2) is 14.5 Å². The lowest BCUT2D eigenvalue weighted by Gasteiger charge is -2.00. The van der Waals surface area contributed by atoms with E-state index in [0.29, 0.717) is 11.2 Å². The number of anilines is 1. The Kier molecular flexibility index (Phi) is 1.77. The Balaban J connectivity index is 2.91. The number of nitrogen functional groups attached to an aromatic ring is 1. The van der Waals surface area contributed by atoms with Crippen LogP contribution in [0.25, 0.3) is 5.65 Å². The minimum absolute atomic E-state index is 0.109. The van der Waals surface area contributed by atoms with E-state index in [-0.39, 0.29) is 17.4 Å². The summed E-state index contributed by atoms with van der Waals surface area (Å²) in [6.07, 6.45) is 1.35.